The molecule has 0 unspecified atom stereocenters. The molecule has 0 aliphatic carbocycles. The fourth-order valence-electron chi connectivity index (χ4n) is 1.32. The molecule has 19 heavy (non-hydrogen) atoms. The van der Waals surface area contributed by atoms with E-state index < -0.39 is 15.9 Å². The maximum Gasteiger partial charge on any atom is 0.240 e. The van der Waals surface area contributed by atoms with Crippen LogP contribution in [-0.4, -0.2) is 52.5 Å². The van der Waals surface area contributed by atoms with Gasteiger partial charge < -0.3 is 14.6 Å². The second kappa shape index (κ2) is 6.53. The highest BCUT2D eigenvalue weighted by molar-refractivity contribution is 7.92. The van der Waals surface area contributed by atoms with Crippen molar-refractivity contribution in [3.05, 3.63) is 11.8 Å². The number of sulfonamides is 1. The van der Waals surface area contributed by atoms with Crippen LogP contribution in [0.15, 0.2) is 10.6 Å². The van der Waals surface area contributed by atoms with Gasteiger partial charge in [0.05, 0.1) is 12.9 Å². The van der Waals surface area contributed by atoms with Gasteiger partial charge >= 0.3 is 0 Å². The molecule has 0 bridgehead atoms. The van der Waals surface area contributed by atoms with Crippen molar-refractivity contribution < 1.29 is 22.5 Å². The highest BCUT2D eigenvalue weighted by Gasteiger charge is 2.23. The zero-order valence-electron chi connectivity index (χ0n) is 11.0. The first-order chi connectivity index (χ1) is 8.84. The fourth-order valence-corrected chi connectivity index (χ4v) is 2.10. The lowest BCUT2D eigenvalue weighted by atomic mass is 10.4. The number of nitrogens with zero attached hydrogens (tertiary/aromatic N) is 2. The van der Waals surface area contributed by atoms with Crippen LogP contribution < -0.4 is 9.62 Å². The number of hydrogen-bond acceptors (Lipinski definition) is 6. The molecule has 8 nitrogen and oxygen atoms in total. The monoisotopic (exact) mass is 291 g/mol. The molecule has 0 fully saturated rings. The minimum absolute atomic E-state index is 0.0851. The maximum absolute atomic E-state index is 11.6. The number of hydrogen-bond donors (Lipinski definition) is 1. The third-order valence-electron chi connectivity index (χ3n) is 2.19. The van der Waals surface area contributed by atoms with Crippen LogP contribution in [0.3, 0.4) is 0 Å². The van der Waals surface area contributed by atoms with Crippen LogP contribution >= 0.6 is 0 Å². The van der Waals surface area contributed by atoms with E-state index in [1.807, 2.05) is 0 Å². The first-order valence-electron chi connectivity index (χ1n) is 5.51. The van der Waals surface area contributed by atoms with Gasteiger partial charge in [-0.2, -0.15) is 0 Å². The number of rotatable bonds is 7. The van der Waals surface area contributed by atoms with Crippen molar-refractivity contribution in [2.24, 2.45) is 0 Å². The van der Waals surface area contributed by atoms with Crippen LogP contribution in [0, 0.1) is 6.92 Å². The molecule has 0 saturated heterocycles. The molecular formula is C10H17N3O5S. The number of nitrogens with one attached hydrogen (secondary N) is 1. The molecule has 0 saturated carbocycles. The Morgan fingerprint density at radius 3 is 2.74 bits per heavy atom. The smallest absolute Gasteiger partial charge is 0.240 e. The summed E-state index contributed by atoms with van der Waals surface area (Å²) in [5, 5.41) is 6.13. The summed E-state index contributed by atoms with van der Waals surface area (Å²) >= 11 is 0. The molecule has 1 amide bonds. The Kier molecular flexibility index (Phi) is 5.31. The number of amides is 1. The lowest BCUT2D eigenvalue weighted by molar-refractivity contribution is -0.119. The summed E-state index contributed by atoms with van der Waals surface area (Å²) in [6.45, 7) is 1.95. The maximum atomic E-state index is 11.6. The van der Waals surface area contributed by atoms with Gasteiger partial charge in [0, 0.05) is 19.7 Å². The number of carbonyl (C=O) groups is 1. The SMILES string of the molecule is COCCNC(=O)CN(c1cc(C)on1)S(C)(=O)=O. The van der Waals surface area contributed by atoms with Gasteiger partial charge in [-0.3, -0.25) is 4.79 Å². The Morgan fingerprint density at radius 1 is 1.58 bits per heavy atom. The normalized spacial score (nSPS) is 11.3. The molecule has 1 aromatic rings. The summed E-state index contributed by atoms with van der Waals surface area (Å²) in [4.78, 5) is 11.6. The molecular weight excluding hydrogens is 274 g/mol. The molecule has 0 radical (unpaired) electrons. The Bertz CT molecular complexity index is 525. The number of methoxy groups -OCH3 is 1. The number of carbonyl (C=O) groups excluding carboxylic acids is 1. The number of ether oxygens (including phenoxy) is 1. The van der Waals surface area contributed by atoms with Gasteiger partial charge in [0.2, 0.25) is 15.9 Å². The summed E-state index contributed by atoms with van der Waals surface area (Å²) in [6, 6.07) is 1.45. The van der Waals surface area contributed by atoms with Crippen LogP contribution in [0.25, 0.3) is 0 Å². The summed E-state index contributed by atoms with van der Waals surface area (Å²) in [5.41, 5.74) is 0. The van der Waals surface area contributed by atoms with Crippen molar-refractivity contribution in [2.45, 2.75) is 6.92 Å². The first kappa shape index (κ1) is 15.4. The van der Waals surface area contributed by atoms with Crippen molar-refractivity contribution >= 4 is 21.7 Å². The third kappa shape index (κ3) is 4.87. The molecule has 0 aliphatic heterocycles. The Hall–Kier alpha value is -1.61. The zero-order valence-corrected chi connectivity index (χ0v) is 11.9. The van der Waals surface area contributed by atoms with Crippen molar-refractivity contribution in [2.75, 3.05) is 37.4 Å². The minimum Gasteiger partial charge on any atom is -0.383 e. The summed E-state index contributed by atoms with van der Waals surface area (Å²) < 4.78 is 33.8. The molecule has 9 heteroatoms. The van der Waals surface area contributed by atoms with E-state index in [2.05, 4.69) is 10.5 Å². The standard InChI is InChI=1S/C10H17N3O5S/c1-8-6-9(12-18-8)13(19(3,15)16)7-10(14)11-4-5-17-2/h6H,4-5,7H2,1-3H3,(H,11,14). The van der Waals surface area contributed by atoms with E-state index in [9.17, 15) is 13.2 Å². The van der Waals surface area contributed by atoms with Crippen LogP contribution in [-0.2, 0) is 19.6 Å². The second-order valence-electron chi connectivity index (χ2n) is 3.91. The van der Waals surface area contributed by atoms with Gasteiger partial charge in [0.25, 0.3) is 0 Å². The molecule has 1 aromatic heterocycles. The fraction of sp³-hybridized carbons (Fsp3) is 0.600. The Balaban J connectivity index is 2.75. The minimum atomic E-state index is -3.61. The van der Waals surface area contributed by atoms with Gasteiger partial charge in [-0.15, -0.1) is 0 Å². The first-order valence-corrected chi connectivity index (χ1v) is 7.36. The molecule has 0 aromatic carbocycles. The number of anilines is 1. The van der Waals surface area contributed by atoms with Gasteiger partial charge in [0.15, 0.2) is 5.82 Å². The highest BCUT2D eigenvalue weighted by atomic mass is 32.2. The predicted molar refractivity (Wildman–Crippen MR) is 68.3 cm³/mol. The Labute approximate surface area is 111 Å². The summed E-state index contributed by atoms with van der Waals surface area (Å²) in [5.74, 6) is 0.105. The molecule has 1 N–H and O–H groups in total. The van der Waals surface area contributed by atoms with Gasteiger partial charge in [0.1, 0.15) is 12.3 Å². The number of aromatic nitrogens is 1. The molecule has 108 valence electrons. The lowest BCUT2D eigenvalue weighted by Gasteiger charge is -2.18. The third-order valence-corrected chi connectivity index (χ3v) is 3.30. The second-order valence-corrected chi connectivity index (χ2v) is 5.81. The van der Waals surface area contributed by atoms with Crippen LogP contribution in [0.5, 0.6) is 0 Å². The van der Waals surface area contributed by atoms with E-state index >= 15 is 0 Å². The molecule has 1 heterocycles. The largest absolute Gasteiger partial charge is 0.383 e. The average molecular weight is 291 g/mol. The van der Waals surface area contributed by atoms with E-state index in [1.165, 1.54) is 13.2 Å². The van der Waals surface area contributed by atoms with Gasteiger partial charge in [-0.1, -0.05) is 5.16 Å². The molecule has 0 spiro atoms. The van der Waals surface area contributed by atoms with E-state index in [-0.39, 0.29) is 12.4 Å². The van der Waals surface area contributed by atoms with Crippen LogP contribution in [0.4, 0.5) is 5.82 Å². The van der Waals surface area contributed by atoms with Crippen LogP contribution in [0.1, 0.15) is 5.76 Å². The van der Waals surface area contributed by atoms with E-state index in [0.29, 0.717) is 18.9 Å². The topological polar surface area (TPSA) is 102 Å². The van der Waals surface area contributed by atoms with Gasteiger partial charge in [-0.05, 0) is 6.92 Å². The van der Waals surface area contributed by atoms with E-state index in [1.54, 1.807) is 6.92 Å². The van der Waals surface area contributed by atoms with Crippen molar-refractivity contribution in [1.82, 2.24) is 10.5 Å². The number of aryl methyl sites for hydroxylation is 1. The van der Waals surface area contributed by atoms with Crippen molar-refractivity contribution in [3.63, 3.8) is 0 Å². The summed E-state index contributed by atoms with van der Waals surface area (Å²) in [7, 11) is -2.10. The van der Waals surface area contributed by atoms with Crippen molar-refractivity contribution in [3.8, 4) is 0 Å². The van der Waals surface area contributed by atoms with E-state index in [4.69, 9.17) is 9.26 Å². The van der Waals surface area contributed by atoms with Gasteiger partial charge in [-0.25, -0.2) is 12.7 Å². The Morgan fingerprint density at radius 2 is 2.26 bits per heavy atom. The molecule has 0 atom stereocenters. The highest BCUT2D eigenvalue weighted by Crippen LogP contribution is 2.16. The lowest BCUT2D eigenvalue weighted by Crippen LogP contribution is -2.41. The summed E-state index contributed by atoms with van der Waals surface area (Å²) in [6.07, 6.45) is 0.999. The quantitative estimate of drug-likeness (QED) is 0.680. The van der Waals surface area contributed by atoms with E-state index in [0.717, 1.165) is 10.6 Å². The molecule has 1 rings (SSSR count). The predicted octanol–water partition coefficient (Wildman–Crippen LogP) is -0.488. The van der Waals surface area contributed by atoms with Crippen LogP contribution in [0.2, 0.25) is 0 Å². The average Bonchev–Trinajstić information content (AvgIpc) is 2.71. The van der Waals surface area contributed by atoms with Crippen molar-refractivity contribution in [1.29, 1.82) is 0 Å². The molecule has 0 aliphatic rings. The zero-order chi connectivity index (χ0) is 14.5.